The van der Waals surface area contributed by atoms with Crippen LogP contribution < -0.4 is 10.6 Å². The summed E-state index contributed by atoms with van der Waals surface area (Å²) in [6, 6.07) is 6.85. The van der Waals surface area contributed by atoms with Gasteiger partial charge in [-0.15, -0.1) is 24.0 Å². The van der Waals surface area contributed by atoms with Gasteiger partial charge in [-0.25, -0.2) is 4.39 Å². The number of rotatable bonds is 7. The fraction of sp³-hybridized carbons (Fsp3) is 0.588. The van der Waals surface area contributed by atoms with Crippen LogP contribution in [0, 0.1) is 11.7 Å². The van der Waals surface area contributed by atoms with Gasteiger partial charge in [0.1, 0.15) is 5.82 Å². The van der Waals surface area contributed by atoms with Gasteiger partial charge >= 0.3 is 0 Å². The molecule has 1 unspecified atom stereocenters. The van der Waals surface area contributed by atoms with Crippen LogP contribution in [0.1, 0.15) is 32.3 Å². The molecule has 4 nitrogen and oxygen atoms in total. The van der Waals surface area contributed by atoms with Crippen LogP contribution in [0.5, 0.6) is 0 Å². The SMILES string of the molecule is CCNC(=NCC1(c2cccc(F)c2)CC1)NCC(C)CO.I. The van der Waals surface area contributed by atoms with Gasteiger partial charge < -0.3 is 15.7 Å². The van der Waals surface area contributed by atoms with Crippen LogP contribution in [-0.2, 0) is 5.41 Å². The van der Waals surface area contributed by atoms with Crippen molar-refractivity contribution in [2.24, 2.45) is 10.9 Å². The Morgan fingerprint density at radius 2 is 2.13 bits per heavy atom. The predicted octanol–water partition coefficient (Wildman–Crippen LogP) is 2.66. The van der Waals surface area contributed by atoms with E-state index in [2.05, 4.69) is 15.6 Å². The number of aliphatic imine (C=N–C) groups is 1. The van der Waals surface area contributed by atoms with Gasteiger partial charge in [-0.3, -0.25) is 4.99 Å². The zero-order chi connectivity index (χ0) is 16.0. The molecule has 0 spiro atoms. The molecule has 1 aromatic carbocycles. The van der Waals surface area contributed by atoms with Gasteiger partial charge in [0.05, 0.1) is 6.54 Å². The van der Waals surface area contributed by atoms with Crippen LogP contribution in [0.25, 0.3) is 0 Å². The third-order valence-electron chi connectivity index (χ3n) is 4.10. The Labute approximate surface area is 155 Å². The first-order valence-corrected chi connectivity index (χ1v) is 7.99. The van der Waals surface area contributed by atoms with Crippen LogP contribution in [-0.4, -0.2) is 37.3 Å². The summed E-state index contributed by atoms with van der Waals surface area (Å²) >= 11 is 0. The lowest BCUT2D eigenvalue weighted by atomic mass is 9.96. The van der Waals surface area contributed by atoms with Crippen molar-refractivity contribution in [3.8, 4) is 0 Å². The monoisotopic (exact) mass is 435 g/mol. The third kappa shape index (κ3) is 5.91. The standard InChI is InChI=1S/C17H26FN3O.HI/c1-3-19-16(20-10-13(2)11-22)21-12-17(7-8-17)14-5-4-6-15(18)9-14;/h4-6,9,13,22H,3,7-8,10-12H2,1-2H3,(H2,19,20,21);1H. The van der Waals surface area contributed by atoms with Crippen molar-refractivity contribution in [3.05, 3.63) is 35.6 Å². The molecule has 0 aliphatic heterocycles. The average Bonchev–Trinajstić information content (AvgIpc) is 3.31. The summed E-state index contributed by atoms with van der Waals surface area (Å²) in [6.07, 6.45) is 2.10. The Morgan fingerprint density at radius 3 is 2.70 bits per heavy atom. The smallest absolute Gasteiger partial charge is 0.191 e. The first-order chi connectivity index (χ1) is 10.6. The molecular formula is C17H27FIN3O. The lowest BCUT2D eigenvalue weighted by Gasteiger charge is -2.17. The normalized spacial score (nSPS) is 17.1. The summed E-state index contributed by atoms with van der Waals surface area (Å²) in [7, 11) is 0. The number of aliphatic hydroxyl groups is 1. The fourth-order valence-corrected chi connectivity index (χ4v) is 2.41. The van der Waals surface area contributed by atoms with Crippen LogP contribution in [0.15, 0.2) is 29.3 Å². The highest BCUT2D eigenvalue weighted by Gasteiger charge is 2.44. The van der Waals surface area contributed by atoms with E-state index < -0.39 is 0 Å². The van der Waals surface area contributed by atoms with E-state index in [0.29, 0.717) is 13.1 Å². The summed E-state index contributed by atoms with van der Waals surface area (Å²) in [6.45, 7) is 6.26. The number of benzene rings is 1. The summed E-state index contributed by atoms with van der Waals surface area (Å²) in [5.41, 5.74) is 1.03. The molecule has 23 heavy (non-hydrogen) atoms. The maximum absolute atomic E-state index is 13.4. The number of nitrogens with one attached hydrogen (secondary N) is 2. The molecule has 0 heterocycles. The minimum absolute atomic E-state index is 0. The predicted molar refractivity (Wildman–Crippen MR) is 103 cm³/mol. The third-order valence-corrected chi connectivity index (χ3v) is 4.10. The van der Waals surface area contributed by atoms with Crippen LogP contribution in [0.3, 0.4) is 0 Å². The summed E-state index contributed by atoms with van der Waals surface area (Å²) in [5, 5.41) is 15.5. The Balaban J connectivity index is 0.00000264. The Morgan fingerprint density at radius 1 is 1.39 bits per heavy atom. The van der Waals surface area contributed by atoms with Gasteiger partial charge in [0.2, 0.25) is 0 Å². The van der Waals surface area contributed by atoms with Gasteiger partial charge in [0, 0.05) is 25.1 Å². The second-order valence-electron chi connectivity index (χ2n) is 6.15. The van der Waals surface area contributed by atoms with Crippen molar-refractivity contribution in [1.29, 1.82) is 0 Å². The molecule has 1 atom stereocenters. The largest absolute Gasteiger partial charge is 0.396 e. The molecule has 1 aromatic rings. The number of nitrogens with zero attached hydrogens (tertiary/aromatic N) is 1. The molecule has 1 aliphatic rings. The second-order valence-corrected chi connectivity index (χ2v) is 6.15. The molecule has 0 bridgehead atoms. The number of halogens is 2. The quantitative estimate of drug-likeness (QED) is 0.351. The highest BCUT2D eigenvalue weighted by Crippen LogP contribution is 2.48. The molecular weight excluding hydrogens is 408 g/mol. The molecule has 1 saturated carbocycles. The number of guanidine groups is 1. The van der Waals surface area contributed by atoms with Gasteiger partial charge in [-0.05, 0) is 43.4 Å². The maximum Gasteiger partial charge on any atom is 0.191 e. The average molecular weight is 435 g/mol. The Hall–Kier alpha value is -0.890. The topological polar surface area (TPSA) is 56.7 Å². The van der Waals surface area contributed by atoms with Gasteiger partial charge in [0.25, 0.3) is 0 Å². The highest BCUT2D eigenvalue weighted by molar-refractivity contribution is 14.0. The van der Waals surface area contributed by atoms with E-state index in [4.69, 9.17) is 5.11 Å². The molecule has 3 N–H and O–H groups in total. The lowest BCUT2D eigenvalue weighted by molar-refractivity contribution is 0.238. The van der Waals surface area contributed by atoms with E-state index in [1.54, 1.807) is 12.1 Å². The Bertz CT molecular complexity index is 520. The Kier molecular flexibility index (Phi) is 8.25. The molecule has 0 saturated heterocycles. The maximum atomic E-state index is 13.4. The van der Waals surface area contributed by atoms with Crippen molar-refractivity contribution >= 4 is 29.9 Å². The number of aliphatic hydroxyl groups excluding tert-OH is 1. The summed E-state index contributed by atoms with van der Waals surface area (Å²) in [5.74, 6) is 0.752. The molecule has 1 fully saturated rings. The van der Waals surface area contributed by atoms with E-state index in [-0.39, 0.29) is 47.7 Å². The molecule has 0 aromatic heterocycles. The molecule has 0 amide bonds. The van der Waals surface area contributed by atoms with Crippen LogP contribution in [0.2, 0.25) is 0 Å². The minimum atomic E-state index is -0.186. The van der Waals surface area contributed by atoms with Gasteiger partial charge in [-0.2, -0.15) is 0 Å². The van der Waals surface area contributed by atoms with Gasteiger partial charge in [-0.1, -0.05) is 19.1 Å². The molecule has 6 heteroatoms. The van der Waals surface area contributed by atoms with E-state index in [9.17, 15) is 4.39 Å². The molecule has 0 radical (unpaired) electrons. The first-order valence-electron chi connectivity index (χ1n) is 7.99. The minimum Gasteiger partial charge on any atom is -0.396 e. The van der Waals surface area contributed by atoms with E-state index in [0.717, 1.165) is 30.9 Å². The molecule has 1 aliphatic carbocycles. The second kappa shape index (κ2) is 9.42. The summed E-state index contributed by atoms with van der Waals surface area (Å²) < 4.78 is 13.4. The van der Waals surface area contributed by atoms with Crippen LogP contribution in [0.4, 0.5) is 4.39 Å². The van der Waals surface area contributed by atoms with Crippen LogP contribution >= 0.6 is 24.0 Å². The van der Waals surface area contributed by atoms with Crippen molar-refractivity contribution < 1.29 is 9.50 Å². The van der Waals surface area contributed by atoms with Crippen molar-refractivity contribution in [2.45, 2.75) is 32.1 Å². The summed E-state index contributed by atoms with van der Waals surface area (Å²) in [4.78, 5) is 4.65. The number of hydrogen-bond acceptors (Lipinski definition) is 2. The van der Waals surface area contributed by atoms with Gasteiger partial charge in [0.15, 0.2) is 5.96 Å². The van der Waals surface area contributed by atoms with E-state index in [1.165, 1.54) is 6.07 Å². The highest BCUT2D eigenvalue weighted by atomic mass is 127. The van der Waals surface area contributed by atoms with Crippen molar-refractivity contribution in [1.82, 2.24) is 10.6 Å². The van der Waals surface area contributed by atoms with E-state index in [1.807, 2.05) is 19.9 Å². The van der Waals surface area contributed by atoms with Crippen molar-refractivity contribution in [2.75, 3.05) is 26.2 Å². The zero-order valence-electron chi connectivity index (χ0n) is 13.8. The number of hydrogen-bond donors (Lipinski definition) is 3. The zero-order valence-corrected chi connectivity index (χ0v) is 16.1. The van der Waals surface area contributed by atoms with Crippen molar-refractivity contribution in [3.63, 3.8) is 0 Å². The molecule has 130 valence electrons. The fourth-order valence-electron chi connectivity index (χ4n) is 2.41. The molecule has 2 rings (SSSR count). The lowest BCUT2D eigenvalue weighted by Crippen LogP contribution is -2.40. The van der Waals surface area contributed by atoms with E-state index >= 15 is 0 Å². The first kappa shape index (κ1) is 20.2.